The molecule has 0 aliphatic heterocycles. The van der Waals surface area contributed by atoms with E-state index in [0.29, 0.717) is 28.6 Å². The highest BCUT2D eigenvalue weighted by molar-refractivity contribution is 7.92. The minimum Gasteiger partial charge on any atom is -0.455 e. The number of anilines is 1. The average Bonchev–Trinajstić information content (AvgIpc) is 3.22. The lowest BCUT2D eigenvalue weighted by Gasteiger charge is -2.20. The topological polar surface area (TPSA) is 92.5 Å². The molecular formula is C26H23ClFN3O4S. The van der Waals surface area contributed by atoms with Crippen molar-refractivity contribution in [1.82, 2.24) is 10.3 Å². The van der Waals surface area contributed by atoms with Crippen LogP contribution in [0.2, 0.25) is 5.15 Å². The van der Waals surface area contributed by atoms with Gasteiger partial charge in [-0.25, -0.2) is 17.8 Å². The van der Waals surface area contributed by atoms with Gasteiger partial charge in [-0.05, 0) is 48.4 Å². The summed E-state index contributed by atoms with van der Waals surface area (Å²) < 4.78 is 45.7. The summed E-state index contributed by atoms with van der Waals surface area (Å²) in [7, 11) is -0.765. The van der Waals surface area contributed by atoms with Gasteiger partial charge >= 0.3 is 0 Å². The van der Waals surface area contributed by atoms with Crippen LogP contribution in [-0.4, -0.2) is 39.7 Å². The molecule has 4 aromatic rings. The Morgan fingerprint density at radius 3 is 2.50 bits per heavy atom. The second-order valence-electron chi connectivity index (χ2n) is 8.13. The molecule has 2 aromatic heterocycles. The number of carbonyl (C=O) groups is 1. The molecular weight excluding hydrogens is 505 g/mol. The van der Waals surface area contributed by atoms with Gasteiger partial charge in [0.1, 0.15) is 22.3 Å². The van der Waals surface area contributed by atoms with Crippen LogP contribution in [0.1, 0.15) is 15.9 Å². The number of allylic oxidation sites excluding steroid dienone is 1. The Labute approximate surface area is 213 Å². The van der Waals surface area contributed by atoms with E-state index < -0.39 is 21.7 Å². The molecule has 0 aliphatic rings. The van der Waals surface area contributed by atoms with Gasteiger partial charge < -0.3 is 9.73 Å². The van der Waals surface area contributed by atoms with Crippen molar-refractivity contribution in [3.05, 3.63) is 83.3 Å². The fourth-order valence-electron chi connectivity index (χ4n) is 3.85. The van der Waals surface area contributed by atoms with Crippen molar-refractivity contribution in [2.45, 2.75) is 6.42 Å². The fourth-order valence-corrected chi connectivity index (χ4v) is 4.59. The minimum atomic E-state index is -3.67. The molecule has 10 heteroatoms. The van der Waals surface area contributed by atoms with Crippen LogP contribution in [0.25, 0.3) is 33.6 Å². The summed E-state index contributed by atoms with van der Waals surface area (Å²) >= 11 is 6.40. The quantitative estimate of drug-likeness (QED) is 0.255. The highest BCUT2D eigenvalue weighted by atomic mass is 35.5. The van der Waals surface area contributed by atoms with Gasteiger partial charge in [0, 0.05) is 36.7 Å². The average molecular weight is 528 g/mol. The Morgan fingerprint density at radius 1 is 1.22 bits per heavy atom. The summed E-state index contributed by atoms with van der Waals surface area (Å²) in [5, 5.41) is 3.30. The number of fused-ring (bicyclic) bond motifs is 1. The molecule has 0 fully saturated rings. The number of nitrogens with one attached hydrogen (secondary N) is 1. The van der Waals surface area contributed by atoms with E-state index in [9.17, 15) is 17.6 Å². The summed E-state index contributed by atoms with van der Waals surface area (Å²) in [6, 6.07) is 12.2. The van der Waals surface area contributed by atoms with Crippen LogP contribution in [0.5, 0.6) is 0 Å². The molecule has 186 valence electrons. The van der Waals surface area contributed by atoms with Crippen LogP contribution in [-0.2, 0) is 16.4 Å². The molecule has 0 aliphatic carbocycles. The Bertz CT molecular complexity index is 1600. The van der Waals surface area contributed by atoms with Gasteiger partial charge in [-0.1, -0.05) is 23.7 Å². The summed E-state index contributed by atoms with van der Waals surface area (Å²) in [5.74, 6) is -0.629. The standard InChI is InChI=1S/C26H23ClFN3O4S/c1-5-6-16-9-12-20(30-25(16)27)18-13-19-22(14-21(18)31(3)36(4,33)34)35-24(23(19)26(32)29-2)15-7-10-17(28)11-8-15/h5,7-14H,1,6H2,2-4H3,(H,29,32). The molecule has 0 bridgehead atoms. The number of hydrogen-bond acceptors (Lipinski definition) is 5. The minimum absolute atomic E-state index is 0.224. The highest BCUT2D eigenvalue weighted by Gasteiger charge is 2.26. The maximum Gasteiger partial charge on any atom is 0.255 e. The Morgan fingerprint density at radius 2 is 1.92 bits per heavy atom. The first kappa shape index (κ1) is 25.4. The smallest absolute Gasteiger partial charge is 0.255 e. The molecule has 0 unspecified atom stereocenters. The van der Waals surface area contributed by atoms with Crippen LogP contribution >= 0.6 is 11.6 Å². The Kier molecular flexibility index (Phi) is 6.88. The number of rotatable bonds is 7. The molecule has 1 N–H and O–H groups in total. The fraction of sp³-hybridized carbons (Fsp3) is 0.154. The SMILES string of the molecule is C=CCc1ccc(-c2cc3c(C(=O)NC)c(-c4ccc(F)cc4)oc3cc2N(C)S(C)(=O)=O)nc1Cl. The van der Waals surface area contributed by atoms with Crippen molar-refractivity contribution in [1.29, 1.82) is 0 Å². The van der Waals surface area contributed by atoms with E-state index in [4.69, 9.17) is 16.0 Å². The van der Waals surface area contributed by atoms with E-state index in [1.165, 1.54) is 38.4 Å². The largest absolute Gasteiger partial charge is 0.455 e. The lowest BCUT2D eigenvalue weighted by atomic mass is 10.0. The normalized spacial score (nSPS) is 11.5. The highest BCUT2D eigenvalue weighted by Crippen LogP contribution is 2.41. The van der Waals surface area contributed by atoms with Crippen LogP contribution < -0.4 is 9.62 Å². The molecule has 0 atom stereocenters. The van der Waals surface area contributed by atoms with Crippen LogP contribution in [0, 0.1) is 5.82 Å². The molecule has 2 aromatic carbocycles. The number of pyridine rings is 1. The van der Waals surface area contributed by atoms with Gasteiger partial charge in [-0.3, -0.25) is 9.10 Å². The summed E-state index contributed by atoms with van der Waals surface area (Å²) in [6.07, 6.45) is 3.30. The van der Waals surface area contributed by atoms with Gasteiger partial charge in [0.05, 0.1) is 23.2 Å². The maximum atomic E-state index is 13.5. The van der Waals surface area contributed by atoms with E-state index >= 15 is 0 Å². The van der Waals surface area contributed by atoms with Crippen molar-refractivity contribution >= 4 is 44.2 Å². The molecule has 2 heterocycles. The Balaban J connectivity index is 2.06. The van der Waals surface area contributed by atoms with E-state index in [-0.39, 0.29) is 27.7 Å². The lowest BCUT2D eigenvalue weighted by Crippen LogP contribution is -2.25. The molecule has 7 nitrogen and oxygen atoms in total. The number of furan rings is 1. The monoisotopic (exact) mass is 527 g/mol. The first-order chi connectivity index (χ1) is 17.0. The number of halogens is 2. The van der Waals surface area contributed by atoms with Crippen molar-refractivity contribution in [3.8, 4) is 22.6 Å². The first-order valence-electron chi connectivity index (χ1n) is 10.8. The molecule has 4 rings (SSSR count). The van der Waals surface area contributed by atoms with E-state index in [2.05, 4.69) is 16.9 Å². The van der Waals surface area contributed by atoms with Crippen LogP contribution in [0.3, 0.4) is 0 Å². The first-order valence-corrected chi connectivity index (χ1v) is 13.1. The van der Waals surface area contributed by atoms with Gasteiger partial charge in [0.25, 0.3) is 5.91 Å². The van der Waals surface area contributed by atoms with Crippen molar-refractivity contribution in [3.63, 3.8) is 0 Å². The number of benzene rings is 2. The molecule has 1 amide bonds. The number of amides is 1. The predicted octanol–water partition coefficient (Wildman–Crippen LogP) is 5.44. The number of aromatic nitrogens is 1. The van der Waals surface area contributed by atoms with Gasteiger partial charge in [0.2, 0.25) is 10.0 Å². The molecule has 0 radical (unpaired) electrons. The third kappa shape index (κ3) is 4.72. The van der Waals surface area contributed by atoms with Crippen molar-refractivity contribution < 1.29 is 22.0 Å². The number of hydrogen-bond donors (Lipinski definition) is 1. The molecule has 36 heavy (non-hydrogen) atoms. The molecule has 0 spiro atoms. The zero-order valence-electron chi connectivity index (χ0n) is 19.8. The third-order valence-electron chi connectivity index (χ3n) is 5.77. The third-order valence-corrected chi connectivity index (χ3v) is 7.29. The summed E-state index contributed by atoms with van der Waals surface area (Å²) in [5.41, 5.74) is 2.88. The second-order valence-corrected chi connectivity index (χ2v) is 10.5. The molecule has 0 saturated carbocycles. The lowest BCUT2D eigenvalue weighted by molar-refractivity contribution is 0.0964. The second kappa shape index (κ2) is 9.75. The van der Waals surface area contributed by atoms with E-state index in [1.807, 2.05) is 0 Å². The predicted molar refractivity (Wildman–Crippen MR) is 140 cm³/mol. The zero-order chi connectivity index (χ0) is 26.2. The number of carbonyl (C=O) groups excluding carboxylic acids is 1. The van der Waals surface area contributed by atoms with Crippen molar-refractivity contribution in [2.24, 2.45) is 0 Å². The zero-order valence-corrected chi connectivity index (χ0v) is 21.4. The number of nitrogens with zero attached hydrogens (tertiary/aromatic N) is 2. The van der Waals surface area contributed by atoms with Gasteiger partial charge in [-0.2, -0.15) is 0 Å². The Hall–Kier alpha value is -3.69. The molecule has 0 saturated heterocycles. The maximum absolute atomic E-state index is 13.5. The summed E-state index contributed by atoms with van der Waals surface area (Å²) in [4.78, 5) is 17.4. The van der Waals surface area contributed by atoms with E-state index in [0.717, 1.165) is 16.1 Å². The summed E-state index contributed by atoms with van der Waals surface area (Å²) in [6.45, 7) is 3.71. The number of sulfonamides is 1. The van der Waals surface area contributed by atoms with E-state index in [1.54, 1.807) is 30.3 Å². The van der Waals surface area contributed by atoms with Crippen LogP contribution in [0.4, 0.5) is 10.1 Å². The van der Waals surface area contributed by atoms with Gasteiger partial charge in [0.15, 0.2) is 0 Å². The van der Waals surface area contributed by atoms with Crippen molar-refractivity contribution in [2.75, 3.05) is 24.7 Å². The van der Waals surface area contributed by atoms with Crippen LogP contribution in [0.15, 0.2) is 65.6 Å². The van der Waals surface area contributed by atoms with Gasteiger partial charge in [-0.15, -0.1) is 6.58 Å².